The van der Waals surface area contributed by atoms with Gasteiger partial charge in [-0.1, -0.05) is 0 Å². The normalized spacial score (nSPS) is 11.8. The van der Waals surface area contributed by atoms with Gasteiger partial charge in [0.15, 0.2) is 0 Å². The Hall–Kier alpha value is -0.960. The second kappa shape index (κ2) is 3.63. The molecule has 1 aromatic rings. The first kappa shape index (κ1) is 9.13. The van der Waals surface area contributed by atoms with Gasteiger partial charge in [-0.2, -0.15) is 0 Å². The summed E-state index contributed by atoms with van der Waals surface area (Å²) in [6.45, 7) is 3.95. The zero-order valence-corrected chi connectivity index (χ0v) is 8.37. The summed E-state index contributed by atoms with van der Waals surface area (Å²) < 4.78 is 5.19. The van der Waals surface area contributed by atoms with Crippen LogP contribution < -0.4 is 5.73 Å². The quantitative estimate of drug-likeness (QED) is 0.715. The maximum absolute atomic E-state index is 5.72. The Balaban J connectivity index is 3.10. The van der Waals surface area contributed by atoms with Crippen LogP contribution in [0.1, 0.15) is 18.1 Å². The molecule has 66 valence electrons. The third-order valence-corrected chi connectivity index (χ3v) is 2.74. The molecule has 3 heteroatoms. The van der Waals surface area contributed by atoms with Gasteiger partial charge in [-0.05, 0) is 25.5 Å². The number of ether oxygens (including phenoxy) is 1. The van der Waals surface area contributed by atoms with Crippen LogP contribution in [-0.2, 0) is 4.74 Å². The van der Waals surface area contributed by atoms with E-state index in [-0.39, 0.29) is 0 Å². The molecule has 0 aliphatic rings. The Morgan fingerprint density at radius 2 is 2.33 bits per heavy atom. The molecule has 0 unspecified atom stereocenters. The van der Waals surface area contributed by atoms with E-state index in [4.69, 9.17) is 10.5 Å². The lowest BCUT2D eigenvalue weighted by molar-refractivity contribution is 0.369. The van der Waals surface area contributed by atoms with E-state index in [1.54, 1.807) is 18.4 Å². The molecule has 0 spiro atoms. The highest BCUT2D eigenvalue weighted by Crippen LogP contribution is 2.29. The van der Waals surface area contributed by atoms with Gasteiger partial charge in [0.25, 0.3) is 0 Å². The minimum atomic E-state index is 0.862. The van der Waals surface area contributed by atoms with Crippen molar-refractivity contribution in [1.29, 1.82) is 0 Å². The summed E-state index contributed by atoms with van der Waals surface area (Å²) in [4.78, 5) is 0. The fraction of sp³-hybridized carbons (Fsp3) is 0.333. The highest BCUT2D eigenvalue weighted by molar-refractivity contribution is 7.14. The summed E-state index contributed by atoms with van der Waals surface area (Å²) in [5, 5.41) is 2.88. The summed E-state index contributed by atoms with van der Waals surface area (Å²) in [5.74, 6) is 0.889. The molecule has 0 aliphatic carbocycles. The Kier molecular flexibility index (Phi) is 2.76. The van der Waals surface area contributed by atoms with Crippen LogP contribution in [0.15, 0.2) is 11.5 Å². The fourth-order valence-corrected chi connectivity index (χ4v) is 1.88. The molecule has 12 heavy (non-hydrogen) atoms. The van der Waals surface area contributed by atoms with Gasteiger partial charge in [0.05, 0.1) is 12.1 Å². The third-order valence-electron chi connectivity index (χ3n) is 1.82. The highest BCUT2D eigenvalue weighted by atomic mass is 32.1. The zero-order valence-electron chi connectivity index (χ0n) is 7.55. The predicted octanol–water partition coefficient (Wildman–Crippen LogP) is 2.65. The first-order valence-electron chi connectivity index (χ1n) is 3.75. The van der Waals surface area contributed by atoms with E-state index in [0.29, 0.717) is 0 Å². The average Bonchev–Trinajstić information content (AvgIpc) is 2.38. The smallest absolute Gasteiger partial charge is 0.123 e. The Bertz CT molecular complexity index is 301. The van der Waals surface area contributed by atoms with Gasteiger partial charge < -0.3 is 10.5 Å². The van der Waals surface area contributed by atoms with Crippen molar-refractivity contribution in [3.63, 3.8) is 0 Å². The zero-order chi connectivity index (χ0) is 9.14. The predicted molar refractivity (Wildman–Crippen MR) is 54.1 cm³/mol. The van der Waals surface area contributed by atoms with Crippen molar-refractivity contribution in [1.82, 2.24) is 0 Å². The maximum Gasteiger partial charge on any atom is 0.123 e. The van der Waals surface area contributed by atoms with E-state index in [1.165, 1.54) is 0 Å². The van der Waals surface area contributed by atoms with E-state index in [0.717, 1.165) is 21.9 Å². The van der Waals surface area contributed by atoms with E-state index in [1.807, 2.05) is 25.3 Å². The second-order valence-electron chi connectivity index (χ2n) is 2.50. The molecule has 1 heterocycles. The minimum Gasteiger partial charge on any atom is -0.496 e. The Morgan fingerprint density at radius 1 is 1.67 bits per heavy atom. The molecule has 0 aliphatic heterocycles. The number of rotatable bonds is 2. The van der Waals surface area contributed by atoms with Crippen molar-refractivity contribution in [2.75, 3.05) is 12.8 Å². The molecular weight excluding hydrogens is 170 g/mol. The number of allylic oxidation sites excluding steroid dienone is 1. The molecular formula is C9H13NOS. The second-order valence-corrected chi connectivity index (χ2v) is 3.41. The molecule has 2 N–H and O–H groups in total. The lowest BCUT2D eigenvalue weighted by atomic mass is 10.1. The number of nitrogen functional groups attached to an aromatic ring is 1. The van der Waals surface area contributed by atoms with Gasteiger partial charge in [0.2, 0.25) is 0 Å². The van der Waals surface area contributed by atoms with E-state index in [9.17, 15) is 0 Å². The summed E-state index contributed by atoms with van der Waals surface area (Å²) in [6, 6.07) is 0. The fourth-order valence-electron chi connectivity index (χ4n) is 1.06. The van der Waals surface area contributed by atoms with E-state index >= 15 is 0 Å². The monoisotopic (exact) mass is 183 g/mol. The van der Waals surface area contributed by atoms with Crippen molar-refractivity contribution in [2.24, 2.45) is 0 Å². The van der Waals surface area contributed by atoms with Gasteiger partial charge in [-0.3, -0.25) is 0 Å². The number of thiophene rings is 1. The van der Waals surface area contributed by atoms with Crippen LogP contribution in [0.2, 0.25) is 0 Å². The van der Waals surface area contributed by atoms with Gasteiger partial charge in [0.1, 0.15) is 5.76 Å². The van der Waals surface area contributed by atoms with Crippen LogP contribution in [0.5, 0.6) is 0 Å². The number of hydrogen-bond donors (Lipinski definition) is 1. The lowest BCUT2D eigenvalue weighted by Gasteiger charge is -2.03. The van der Waals surface area contributed by atoms with E-state index in [2.05, 4.69) is 0 Å². The molecule has 0 aromatic carbocycles. The third kappa shape index (κ3) is 1.46. The van der Waals surface area contributed by atoms with Crippen LogP contribution >= 0.6 is 11.3 Å². The van der Waals surface area contributed by atoms with Crippen LogP contribution in [0.4, 0.5) is 5.00 Å². The number of nitrogens with two attached hydrogens (primary N) is 1. The molecule has 0 radical (unpaired) electrons. The van der Waals surface area contributed by atoms with Crippen molar-refractivity contribution >= 4 is 22.1 Å². The van der Waals surface area contributed by atoms with Crippen LogP contribution in [0.25, 0.3) is 5.76 Å². The Morgan fingerprint density at radius 3 is 2.67 bits per heavy atom. The largest absolute Gasteiger partial charge is 0.496 e. The molecule has 0 bridgehead atoms. The van der Waals surface area contributed by atoms with Gasteiger partial charge >= 0.3 is 0 Å². The van der Waals surface area contributed by atoms with Crippen molar-refractivity contribution in [3.8, 4) is 0 Å². The Labute approximate surface area is 76.7 Å². The van der Waals surface area contributed by atoms with Crippen LogP contribution in [-0.4, -0.2) is 7.11 Å². The first-order chi connectivity index (χ1) is 5.70. The van der Waals surface area contributed by atoms with Crippen molar-refractivity contribution in [2.45, 2.75) is 13.8 Å². The molecule has 0 amide bonds. The van der Waals surface area contributed by atoms with Crippen LogP contribution in [0, 0.1) is 6.92 Å². The van der Waals surface area contributed by atoms with Gasteiger partial charge in [-0.25, -0.2) is 0 Å². The van der Waals surface area contributed by atoms with Gasteiger partial charge in [0, 0.05) is 10.9 Å². The maximum atomic E-state index is 5.72. The summed E-state index contributed by atoms with van der Waals surface area (Å²) in [6.07, 6.45) is 1.94. The molecule has 0 saturated carbocycles. The summed E-state index contributed by atoms with van der Waals surface area (Å²) >= 11 is 1.55. The molecule has 1 aromatic heterocycles. The SMILES string of the molecule is CC=C(OC)c1csc(N)c1C. The van der Waals surface area contributed by atoms with Crippen molar-refractivity contribution < 1.29 is 4.74 Å². The lowest BCUT2D eigenvalue weighted by Crippen LogP contribution is -1.89. The first-order valence-corrected chi connectivity index (χ1v) is 4.63. The number of hydrogen-bond acceptors (Lipinski definition) is 3. The average molecular weight is 183 g/mol. The molecule has 1 rings (SSSR count). The highest BCUT2D eigenvalue weighted by Gasteiger charge is 2.08. The molecule has 0 fully saturated rings. The number of anilines is 1. The standard InChI is InChI=1S/C9H13NOS/c1-4-8(11-3)7-5-12-9(10)6(7)2/h4-5H,10H2,1-3H3. The van der Waals surface area contributed by atoms with Crippen LogP contribution in [0.3, 0.4) is 0 Å². The van der Waals surface area contributed by atoms with Crippen molar-refractivity contribution in [3.05, 3.63) is 22.6 Å². The number of methoxy groups -OCH3 is 1. The molecule has 2 nitrogen and oxygen atoms in total. The van der Waals surface area contributed by atoms with Gasteiger partial charge in [-0.15, -0.1) is 11.3 Å². The minimum absolute atomic E-state index is 0.862. The summed E-state index contributed by atoms with van der Waals surface area (Å²) in [5.41, 5.74) is 7.93. The topological polar surface area (TPSA) is 35.2 Å². The molecule has 0 atom stereocenters. The summed E-state index contributed by atoms with van der Waals surface area (Å²) in [7, 11) is 1.67. The van der Waals surface area contributed by atoms with E-state index < -0.39 is 0 Å². The molecule has 0 saturated heterocycles.